The Balaban J connectivity index is 2.45. The molecule has 2 unspecified atom stereocenters. The minimum absolute atomic E-state index is 0.0481. The van der Waals surface area contributed by atoms with E-state index in [4.69, 9.17) is 4.74 Å². The van der Waals surface area contributed by atoms with Crippen LogP contribution in [0.25, 0.3) is 0 Å². The molecule has 2 atom stereocenters. The number of carbonyl (C=O) groups is 1. The van der Waals surface area contributed by atoms with Gasteiger partial charge in [-0.1, -0.05) is 13.8 Å². The van der Waals surface area contributed by atoms with Gasteiger partial charge in [0.05, 0.1) is 18.8 Å². The van der Waals surface area contributed by atoms with Crippen LogP contribution in [0.15, 0.2) is 0 Å². The largest absolute Gasteiger partial charge is 0.383 e. The second kappa shape index (κ2) is 7.82. The molecule has 19 heavy (non-hydrogen) atoms. The maximum absolute atomic E-state index is 12.1. The molecule has 1 aliphatic rings. The van der Waals surface area contributed by atoms with Crippen molar-refractivity contribution in [1.29, 1.82) is 0 Å². The number of hydrogen-bond donors (Lipinski definition) is 1. The van der Waals surface area contributed by atoms with E-state index in [9.17, 15) is 4.79 Å². The molecule has 0 aliphatic carbocycles. The first kappa shape index (κ1) is 16.4. The highest BCUT2D eigenvalue weighted by atomic mass is 16.5. The third-order valence-electron chi connectivity index (χ3n) is 3.57. The first-order valence-electron chi connectivity index (χ1n) is 7.19. The summed E-state index contributed by atoms with van der Waals surface area (Å²) in [5, 5.41) is 3.39. The zero-order valence-corrected chi connectivity index (χ0v) is 13.0. The van der Waals surface area contributed by atoms with Crippen molar-refractivity contribution in [3.05, 3.63) is 0 Å². The molecule has 1 N–H and O–H groups in total. The number of likely N-dealkylation sites (N-methyl/N-ethyl adjacent to an activating group) is 1. The predicted octanol–water partition coefficient (Wildman–Crippen LogP) is 0.757. The Hall–Kier alpha value is -0.650. The van der Waals surface area contributed by atoms with E-state index in [0.717, 1.165) is 32.7 Å². The molecule has 0 radical (unpaired) electrons. The Morgan fingerprint density at radius 1 is 1.42 bits per heavy atom. The molecular weight excluding hydrogens is 242 g/mol. The molecule has 0 aromatic heterocycles. The van der Waals surface area contributed by atoms with Crippen molar-refractivity contribution in [2.45, 2.75) is 39.4 Å². The van der Waals surface area contributed by atoms with Crippen molar-refractivity contribution in [3.8, 4) is 0 Å². The summed E-state index contributed by atoms with van der Waals surface area (Å²) in [6.07, 6.45) is 1.20. The molecule has 0 aromatic rings. The molecular formula is C14H29N3O2. The molecule has 1 fully saturated rings. The van der Waals surface area contributed by atoms with Gasteiger partial charge in [-0.25, -0.2) is 0 Å². The van der Waals surface area contributed by atoms with Crippen LogP contribution < -0.4 is 5.32 Å². The Labute approximate surface area is 117 Å². The summed E-state index contributed by atoms with van der Waals surface area (Å²) in [7, 11) is 3.77. The first-order valence-corrected chi connectivity index (χ1v) is 7.19. The quantitative estimate of drug-likeness (QED) is 0.708. The van der Waals surface area contributed by atoms with Crippen LogP contribution in [-0.4, -0.2) is 68.3 Å². The summed E-state index contributed by atoms with van der Waals surface area (Å²) in [4.78, 5) is 16.3. The number of ether oxygens (including phenoxy) is 1. The van der Waals surface area contributed by atoms with Crippen LogP contribution in [0, 0.1) is 5.92 Å². The lowest BCUT2D eigenvalue weighted by Crippen LogP contribution is -2.42. The molecule has 0 aromatic carbocycles. The van der Waals surface area contributed by atoms with E-state index in [1.165, 1.54) is 0 Å². The molecule has 1 rings (SSSR count). The van der Waals surface area contributed by atoms with E-state index >= 15 is 0 Å². The predicted molar refractivity (Wildman–Crippen MR) is 76.9 cm³/mol. The van der Waals surface area contributed by atoms with E-state index in [2.05, 4.69) is 31.1 Å². The van der Waals surface area contributed by atoms with E-state index in [1.807, 2.05) is 11.8 Å². The lowest BCUT2D eigenvalue weighted by atomic mass is 10.1. The Bertz CT molecular complexity index is 284. The van der Waals surface area contributed by atoms with Crippen LogP contribution >= 0.6 is 0 Å². The number of methoxy groups -OCH3 is 1. The fourth-order valence-electron chi connectivity index (χ4n) is 2.40. The summed E-state index contributed by atoms with van der Waals surface area (Å²) >= 11 is 0. The van der Waals surface area contributed by atoms with E-state index in [1.54, 1.807) is 7.11 Å². The number of hydrogen-bond acceptors (Lipinski definition) is 4. The summed E-state index contributed by atoms with van der Waals surface area (Å²) in [6, 6.07) is -0.0481. The van der Waals surface area contributed by atoms with E-state index in [0.29, 0.717) is 5.92 Å². The summed E-state index contributed by atoms with van der Waals surface area (Å²) in [5.74, 6) is 0.815. The van der Waals surface area contributed by atoms with Crippen molar-refractivity contribution in [1.82, 2.24) is 15.1 Å². The highest BCUT2D eigenvalue weighted by Gasteiger charge is 2.35. The van der Waals surface area contributed by atoms with Gasteiger partial charge in [-0.15, -0.1) is 0 Å². The molecule has 1 aliphatic heterocycles. The average molecular weight is 271 g/mol. The van der Waals surface area contributed by atoms with Gasteiger partial charge in [-0.2, -0.15) is 0 Å². The standard InChI is InChI=1S/C14H29N3O2/c1-11(2)10-13-15-12(3)14(18)17(13)7-6-16(4)8-9-19-5/h11-13,15H,6-10H2,1-5H3. The molecule has 0 bridgehead atoms. The van der Waals surface area contributed by atoms with Crippen LogP contribution in [0.3, 0.4) is 0 Å². The third-order valence-corrected chi connectivity index (χ3v) is 3.57. The normalized spacial score (nSPS) is 23.9. The van der Waals surface area contributed by atoms with Gasteiger partial charge in [0.25, 0.3) is 0 Å². The van der Waals surface area contributed by atoms with Crippen molar-refractivity contribution in [3.63, 3.8) is 0 Å². The zero-order chi connectivity index (χ0) is 14.4. The Morgan fingerprint density at radius 3 is 2.68 bits per heavy atom. The van der Waals surface area contributed by atoms with Gasteiger partial charge >= 0.3 is 0 Å². The second-order valence-corrected chi connectivity index (χ2v) is 5.86. The smallest absolute Gasteiger partial charge is 0.240 e. The van der Waals surface area contributed by atoms with Gasteiger partial charge in [0, 0.05) is 26.7 Å². The van der Waals surface area contributed by atoms with Crippen LogP contribution in [0.4, 0.5) is 0 Å². The molecule has 112 valence electrons. The zero-order valence-electron chi connectivity index (χ0n) is 13.0. The van der Waals surface area contributed by atoms with Gasteiger partial charge in [0.2, 0.25) is 5.91 Å². The highest BCUT2D eigenvalue weighted by molar-refractivity contribution is 5.83. The van der Waals surface area contributed by atoms with Crippen molar-refractivity contribution in [2.24, 2.45) is 5.92 Å². The van der Waals surface area contributed by atoms with Crippen LogP contribution in [0.5, 0.6) is 0 Å². The minimum Gasteiger partial charge on any atom is -0.383 e. The van der Waals surface area contributed by atoms with Gasteiger partial charge in [0.15, 0.2) is 0 Å². The lowest BCUT2D eigenvalue weighted by Gasteiger charge is -2.27. The lowest BCUT2D eigenvalue weighted by molar-refractivity contribution is -0.130. The number of amides is 1. The number of nitrogens with zero attached hydrogens (tertiary/aromatic N) is 2. The van der Waals surface area contributed by atoms with Crippen LogP contribution in [-0.2, 0) is 9.53 Å². The van der Waals surface area contributed by atoms with Crippen molar-refractivity contribution in [2.75, 3.05) is 40.4 Å². The molecule has 1 amide bonds. The van der Waals surface area contributed by atoms with Gasteiger partial charge in [-0.3, -0.25) is 10.1 Å². The number of rotatable bonds is 8. The highest BCUT2D eigenvalue weighted by Crippen LogP contribution is 2.17. The maximum atomic E-state index is 12.1. The summed E-state index contributed by atoms with van der Waals surface area (Å²) < 4.78 is 5.06. The molecule has 5 heteroatoms. The molecule has 0 saturated carbocycles. The van der Waals surface area contributed by atoms with Crippen molar-refractivity contribution < 1.29 is 9.53 Å². The number of carbonyl (C=O) groups excluding carboxylic acids is 1. The van der Waals surface area contributed by atoms with Crippen LogP contribution in [0.1, 0.15) is 27.2 Å². The fraction of sp³-hybridized carbons (Fsp3) is 0.929. The van der Waals surface area contributed by atoms with Crippen molar-refractivity contribution >= 4 is 5.91 Å². The monoisotopic (exact) mass is 271 g/mol. The molecule has 5 nitrogen and oxygen atoms in total. The van der Waals surface area contributed by atoms with Gasteiger partial charge in [0.1, 0.15) is 0 Å². The van der Waals surface area contributed by atoms with E-state index < -0.39 is 0 Å². The topological polar surface area (TPSA) is 44.8 Å². The second-order valence-electron chi connectivity index (χ2n) is 5.86. The SMILES string of the molecule is COCCN(C)CCN1C(=O)C(C)NC1CC(C)C. The molecule has 0 spiro atoms. The molecule has 1 saturated heterocycles. The van der Waals surface area contributed by atoms with E-state index in [-0.39, 0.29) is 18.1 Å². The van der Waals surface area contributed by atoms with Crippen LogP contribution in [0.2, 0.25) is 0 Å². The fourth-order valence-corrected chi connectivity index (χ4v) is 2.40. The minimum atomic E-state index is -0.0481. The van der Waals surface area contributed by atoms with Gasteiger partial charge in [-0.05, 0) is 26.3 Å². The summed E-state index contributed by atoms with van der Waals surface area (Å²) in [6.45, 7) is 9.64. The third kappa shape index (κ3) is 5.09. The first-order chi connectivity index (χ1) is 8.95. The summed E-state index contributed by atoms with van der Waals surface area (Å²) in [5.41, 5.74) is 0. The maximum Gasteiger partial charge on any atom is 0.240 e. The molecule has 1 heterocycles. The average Bonchev–Trinajstić information content (AvgIpc) is 2.59. The number of nitrogens with one attached hydrogen (secondary N) is 1. The Morgan fingerprint density at radius 2 is 2.11 bits per heavy atom. The van der Waals surface area contributed by atoms with Gasteiger partial charge < -0.3 is 14.5 Å². The Kier molecular flexibility index (Phi) is 6.75.